The summed E-state index contributed by atoms with van der Waals surface area (Å²) in [6, 6.07) is 10.9. The van der Waals surface area contributed by atoms with E-state index in [0.717, 1.165) is 11.3 Å². The summed E-state index contributed by atoms with van der Waals surface area (Å²) in [5, 5.41) is 12.9. The van der Waals surface area contributed by atoms with E-state index in [1.165, 1.54) is 6.33 Å². The fraction of sp³-hybridized carbons (Fsp3) is 0.261. The number of carbonyl (C=O) groups is 1. The Hall–Kier alpha value is -3.67. The molecule has 0 amide bonds. The van der Waals surface area contributed by atoms with Crippen molar-refractivity contribution in [2.75, 3.05) is 38.9 Å². The molecule has 8 heteroatoms. The molecule has 160 valence electrons. The van der Waals surface area contributed by atoms with Crippen molar-refractivity contribution in [1.82, 2.24) is 9.97 Å². The molecule has 0 radical (unpaired) electrons. The molecule has 0 aliphatic heterocycles. The molecule has 3 aromatic rings. The molecule has 8 nitrogen and oxygen atoms in total. The monoisotopic (exact) mass is 421 g/mol. The molecule has 2 aromatic carbocycles. The third kappa shape index (κ3) is 5.92. The van der Waals surface area contributed by atoms with Gasteiger partial charge in [0.15, 0.2) is 17.3 Å². The highest BCUT2D eigenvalue weighted by Gasteiger charge is 2.13. The molecule has 0 atom stereocenters. The molecule has 0 aliphatic carbocycles. The van der Waals surface area contributed by atoms with Crippen LogP contribution < -0.4 is 14.8 Å². The standard InChI is InChI=1S/C23H23N3O5/c1-3-16-5-4-6-17(11-16)26-23-19-12-21(30-8-7-18(28)14-27)22(31-10-9-29-2)13-20(19)24-15-25-23/h1,4-6,11-13,15,27H,7-10,14H2,2H3,(H,24,25,26). The highest BCUT2D eigenvalue weighted by Crippen LogP contribution is 2.35. The highest BCUT2D eigenvalue weighted by atomic mass is 16.5. The van der Waals surface area contributed by atoms with Crippen LogP contribution in [0.25, 0.3) is 10.9 Å². The number of fused-ring (bicyclic) bond motifs is 1. The van der Waals surface area contributed by atoms with Crippen LogP contribution in [0.3, 0.4) is 0 Å². The number of benzene rings is 2. The number of hydrogen-bond donors (Lipinski definition) is 2. The van der Waals surface area contributed by atoms with Crippen LogP contribution >= 0.6 is 0 Å². The van der Waals surface area contributed by atoms with Crippen LogP contribution in [0.4, 0.5) is 11.5 Å². The van der Waals surface area contributed by atoms with Gasteiger partial charge >= 0.3 is 0 Å². The van der Waals surface area contributed by atoms with Gasteiger partial charge in [-0.15, -0.1) is 6.42 Å². The van der Waals surface area contributed by atoms with E-state index >= 15 is 0 Å². The number of carbonyl (C=O) groups excluding carboxylic acids is 1. The number of terminal acetylenes is 1. The van der Waals surface area contributed by atoms with Crippen LogP contribution in [-0.2, 0) is 9.53 Å². The van der Waals surface area contributed by atoms with Gasteiger partial charge in [-0.05, 0) is 24.3 Å². The second-order valence-corrected chi connectivity index (χ2v) is 6.53. The predicted octanol–water partition coefficient (Wildman–Crippen LogP) is 2.71. The third-order valence-electron chi connectivity index (χ3n) is 4.35. The molecule has 0 unspecified atom stereocenters. The number of aliphatic hydroxyl groups excluding tert-OH is 1. The molecule has 1 aromatic heterocycles. The van der Waals surface area contributed by atoms with E-state index in [2.05, 4.69) is 21.2 Å². The molecule has 0 bridgehead atoms. The number of aromatic nitrogens is 2. The maximum absolute atomic E-state index is 11.4. The topological polar surface area (TPSA) is 103 Å². The molecule has 31 heavy (non-hydrogen) atoms. The molecule has 0 aliphatic rings. The largest absolute Gasteiger partial charge is 0.489 e. The molecule has 2 N–H and O–H groups in total. The highest BCUT2D eigenvalue weighted by molar-refractivity contribution is 5.93. The molecule has 0 fully saturated rings. The fourth-order valence-corrected chi connectivity index (χ4v) is 2.80. The quantitative estimate of drug-likeness (QED) is 0.360. The Morgan fingerprint density at radius 2 is 1.94 bits per heavy atom. The van der Waals surface area contributed by atoms with Crippen LogP contribution in [0.1, 0.15) is 12.0 Å². The van der Waals surface area contributed by atoms with Gasteiger partial charge in [0.25, 0.3) is 0 Å². The average Bonchev–Trinajstić information content (AvgIpc) is 2.79. The van der Waals surface area contributed by atoms with E-state index in [4.69, 9.17) is 25.7 Å². The number of nitrogens with zero attached hydrogens (tertiary/aromatic N) is 2. The Balaban J connectivity index is 1.93. The van der Waals surface area contributed by atoms with E-state index < -0.39 is 6.61 Å². The fourth-order valence-electron chi connectivity index (χ4n) is 2.80. The summed E-state index contributed by atoms with van der Waals surface area (Å²) in [6.07, 6.45) is 7.02. The average molecular weight is 421 g/mol. The Bertz CT molecular complexity index is 1090. The van der Waals surface area contributed by atoms with Gasteiger partial charge in [0.05, 0.1) is 18.7 Å². The van der Waals surface area contributed by atoms with E-state index in [1.807, 2.05) is 24.3 Å². The van der Waals surface area contributed by atoms with Gasteiger partial charge in [0.1, 0.15) is 25.4 Å². The number of Topliss-reactive ketones (excluding diaryl/α,β-unsaturated/α-hetero) is 1. The van der Waals surface area contributed by atoms with Crippen LogP contribution in [0.2, 0.25) is 0 Å². The Labute approximate surface area is 180 Å². The molecular weight excluding hydrogens is 398 g/mol. The number of methoxy groups -OCH3 is 1. The van der Waals surface area contributed by atoms with Crippen LogP contribution in [0, 0.1) is 12.3 Å². The molecule has 0 saturated heterocycles. The summed E-state index contributed by atoms with van der Waals surface area (Å²) in [5.41, 5.74) is 2.18. The molecule has 1 heterocycles. The number of ether oxygens (including phenoxy) is 3. The lowest BCUT2D eigenvalue weighted by atomic mass is 10.2. The van der Waals surface area contributed by atoms with E-state index in [-0.39, 0.29) is 18.8 Å². The molecule has 0 spiro atoms. The summed E-state index contributed by atoms with van der Waals surface area (Å²) in [7, 11) is 1.59. The lowest BCUT2D eigenvalue weighted by Crippen LogP contribution is -2.11. The zero-order chi connectivity index (χ0) is 22.1. The first-order valence-electron chi connectivity index (χ1n) is 9.64. The summed E-state index contributed by atoms with van der Waals surface area (Å²) >= 11 is 0. The number of ketones is 1. The first-order valence-corrected chi connectivity index (χ1v) is 9.64. The second-order valence-electron chi connectivity index (χ2n) is 6.53. The van der Waals surface area contributed by atoms with Crippen molar-refractivity contribution in [2.45, 2.75) is 6.42 Å². The van der Waals surface area contributed by atoms with Gasteiger partial charge in [-0.2, -0.15) is 0 Å². The summed E-state index contributed by atoms with van der Waals surface area (Å²) < 4.78 is 16.6. The minimum atomic E-state index is -0.517. The lowest BCUT2D eigenvalue weighted by molar-refractivity contribution is -0.122. The smallest absolute Gasteiger partial charge is 0.163 e. The van der Waals surface area contributed by atoms with Gasteiger partial charge < -0.3 is 24.6 Å². The van der Waals surface area contributed by atoms with Crippen molar-refractivity contribution in [3.8, 4) is 23.8 Å². The van der Waals surface area contributed by atoms with Gasteiger partial charge in [0, 0.05) is 36.2 Å². The Morgan fingerprint density at radius 3 is 2.71 bits per heavy atom. The first-order chi connectivity index (χ1) is 15.1. The van der Waals surface area contributed by atoms with Crippen molar-refractivity contribution >= 4 is 28.2 Å². The first kappa shape index (κ1) is 22.0. The third-order valence-corrected chi connectivity index (χ3v) is 4.35. The van der Waals surface area contributed by atoms with Crippen LogP contribution in [-0.4, -0.2) is 54.4 Å². The van der Waals surface area contributed by atoms with Gasteiger partial charge in [-0.25, -0.2) is 9.97 Å². The lowest BCUT2D eigenvalue weighted by Gasteiger charge is -2.15. The van der Waals surface area contributed by atoms with Crippen LogP contribution in [0.15, 0.2) is 42.7 Å². The molecule has 0 saturated carbocycles. The van der Waals surface area contributed by atoms with Crippen molar-refractivity contribution in [1.29, 1.82) is 0 Å². The van der Waals surface area contributed by atoms with Gasteiger partial charge in [-0.1, -0.05) is 12.0 Å². The second kappa shape index (κ2) is 10.9. The van der Waals surface area contributed by atoms with Crippen molar-refractivity contribution in [2.24, 2.45) is 0 Å². The minimum Gasteiger partial charge on any atom is -0.489 e. The van der Waals surface area contributed by atoms with E-state index in [9.17, 15) is 4.79 Å². The number of anilines is 2. The Kier molecular flexibility index (Phi) is 7.76. The van der Waals surface area contributed by atoms with E-state index in [1.54, 1.807) is 19.2 Å². The maximum Gasteiger partial charge on any atom is 0.163 e. The van der Waals surface area contributed by atoms with Crippen molar-refractivity contribution < 1.29 is 24.1 Å². The maximum atomic E-state index is 11.4. The number of nitrogens with one attached hydrogen (secondary N) is 1. The van der Waals surface area contributed by atoms with Gasteiger partial charge in [0.2, 0.25) is 0 Å². The number of rotatable bonds is 11. The number of aliphatic hydroxyl groups is 1. The van der Waals surface area contributed by atoms with Crippen molar-refractivity contribution in [3.05, 3.63) is 48.3 Å². The zero-order valence-electron chi connectivity index (χ0n) is 17.1. The van der Waals surface area contributed by atoms with Crippen LogP contribution in [0.5, 0.6) is 11.5 Å². The normalized spacial score (nSPS) is 10.5. The van der Waals surface area contributed by atoms with E-state index in [0.29, 0.717) is 41.4 Å². The Morgan fingerprint density at radius 1 is 1.13 bits per heavy atom. The summed E-state index contributed by atoms with van der Waals surface area (Å²) in [6.45, 7) is 0.314. The van der Waals surface area contributed by atoms with Crippen molar-refractivity contribution in [3.63, 3.8) is 0 Å². The zero-order valence-corrected chi connectivity index (χ0v) is 17.1. The molecule has 3 rings (SSSR count). The number of hydrogen-bond acceptors (Lipinski definition) is 8. The van der Waals surface area contributed by atoms with Gasteiger partial charge in [-0.3, -0.25) is 4.79 Å². The minimum absolute atomic E-state index is 0.0846. The molecular formula is C23H23N3O5. The SMILES string of the molecule is C#Cc1cccc(Nc2ncnc3cc(OCCOC)c(OCCC(=O)CO)cc23)c1. The summed E-state index contributed by atoms with van der Waals surface area (Å²) in [5.74, 6) is 3.77. The predicted molar refractivity (Wildman–Crippen MR) is 117 cm³/mol. The summed E-state index contributed by atoms with van der Waals surface area (Å²) in [4.78, 5) is 20.1.